The van der Waals surface area contributed by atoms with Gasteiger partial charge in [-0.3, -0.25) is 14.4 Å². The van der Waals surface area contributed by atoms with Crippen LogP contribution in [0, 0.1) is 62.1 Å². The second-order valence-electron chi connectivity index (χ2n) is 17.2. The maximum atomic E-state index is 14.0. The van der Waals surface area contributed by atoms with Crippen molar-refractivity contribution in [3.63, 3.8) is 0 Å². The van der Waals surface area contributed by atoms with Gasteiger partial charge < -0.3 is 15.2 Å². The van der Waals surface area contributed by atoms with Crippen LogP contribution in [0.25, 0.3) is 0 Å². The summed E-state index contributed by atoms with van der Waals surface area (Å²) in [6.07, 6.45) is 11.0. The van der Waals surface area contributed by atoms with Gasteiger partial charge in [0.05, 0.1) is 5.41 Å². The van der Waals surface area contributed by atoms with Crippen LogP contribution in [0.2, 0.25) is 0 Å². The Bertz CT molecular complexity index is 1120. The number of carbonyl (C=O) groups excluding carboxylic acids is 2. The molecule has 0 radical (unpaired) electrons. The van der Waals surface area contributed by atoms with Crippen LogP contribution >= 0.6 is 0 Å². The number of carbonyl (C=O) groups is 3. The summed E-state index contributed by atoms with van der Waals surface area (Å²) in [6, 6.07) is 0. The fraction of sp³-hybridized carbons (Fsp3) is 0.917. The number of nitrogens with one attached hydrogen (secondary N) is 1. The molecule has 42 heavy (non-hydrogen) atoms. The van der Waals surface area contributed by atoms with E-state index in [4.69, 9.17) is 4.74 Å². The third kappa shape index (κ3) is 4.18. The highest BCUT2D eigenvalue weighted by atomic mass is 16.5. The molecule has 5 rings (SSSR count). The highest BCUT2D eigenvalue weighted by Gasteiger charge is 2.73. The van der Waals surface area contributed by atoms with Gasteiger partial charge in [0.2, 0.25) is 5.91 Å². The Hall–Kier alpha value is -1.59. The number of carboxylic acids is 1. The number of carboxylic acid groups (broad SMARTS) is 1. The fourth-order valence-electron chi connectivity index (χ4n) is 12.8. The van der Waals surface area contributed by atoms with Crippen LogP contribution in [0.4, 0.5) is 0 Å². The van der Waals surface area contributed by atoms with Gasteiger partial charge >= 0.3 is 11.9 Å². The first-order valence-electron chi connectivity index (χ1n) is 17.1. The van der Waals surface area contributed by atoms with Crippen LogP contribution in [-0.2, 0) is 19.1 Å². The molecule has 0 aromatic rings. The summed E-state index contributed by atoms with van der Waals surface area (Å²) in [5.74, 6) is 1.24. The molecule has 5 aliphatic rings. The minimum Gasteiger partial charge on any atom is -0.480 e. The number of esters is 1. The first-order chi connectivity index (χ1) is 19.4. The van der Waals surface area contributed by atoms with Crippen molar-refractivity contribution in [3.05, 3.63) is 0 Å². The van der Waals surface area contributed by atoms with Crippen molar-refractivity contribution < 1.29 is 24.2 Å². The zero-order valence-corrected chi connectivity index (χ0v) is 28.0. The van der Waals surface area contributed by atoms with Crippen molar-refractivity contribution in [3.8, 4) is 0 Å². The first kappa shape index (κ1) is 31.8. The predicted molar refractivity (Wildman–Crippen MR) is 164 cm³/mol. The zero-order chi connectivity index (χ0) is 31.1. The largest absolute Gasteiger partial charge is 0.480 e. The van der Waals surface area contributed by atoms with Crippen LogP contribution in [0.5, 0.6) is 0 Å². The number of hydrogen-bond donors (Lipinski definition) is 2. The highest BCUT2D eigenvalue weighted by Crippen LogP contribution is 2.79. The average Bonchev–Trinajstić information content (AvgIpc) is 3.24. The molecule has 0 aromatic heterocycles. The molecule has 5 saturated carbocycles. The van der Waals surface area contributed by atoms with Crippen LogP contribution in [0.15, 0.2) is 0 Å². The van der Waals surface area contributed by atoms with E-state index in [1.165, 1.54) is 12.8 Å². The van der Waals surface area contributed by atoms with Crippen molar-refractivity contribution in [2.45, 2.75) is 139 Å². The third-order valence-corrected chi connectivity index (χ3v) is 15.5. The van der Waals surface area contributed by atoms with E-state index in [2.05, 4.69) is 60.7 Å². The van der Waals surface area contributed by atoms with E-state index in [0.717, 1.165) is 51.4 Å². The normalized spacial score (nSPS) is 47.4. The third-order valence-electron chi connectivity index (χ3n) is 15.5. The molecule has 6 nitrogen and oxygen atoms in total. The van der Waals surface area contributed by atoms with E-state index in [1.54, 1.807) is 0 Å². The molecule has 0 saturated heterocycles. The van der Waals surface area contributed by atoms with Crippen molar-refractivity contribution >= 4 is 17.8 Å². The maximum Gasteiger partial charge on any atom is 0.322 e. The Morgan fingerprint density at radius 3 is 2.12 bits per heavy atom. The molecule has 0 heterocycles. The molecular formula is C36H59NO5. The van der Waals surface area contributed by atoms with E-state index >= 15 is 0 Å². The SMILES string of the molecule is CCC(=O)O[C@@H]1CC[C@@]2(C)C(CC[C@]3(C)C2CCC2C4C(C)(C(C)C)CC[C@]4(C(=O)NCC(=O)O)CC[C@]23C)C1(C)C. The van der Waals surface area contributed by atoms with Gasteiger partial charge in [-0.25, -0.2) is 0 Å². The molecule has 5 unspecified atom stereocenters. The summed E-state index contributed by atoms with van der Waals surface area (Å²) in [6.45, 7) is 21.2. The average molecular weight is 586 g/mol. The zero-order valence-electron chi connectivity index (χ0n) is 28.0. The maximum absolute atomic E-state index is 14.0. The standard InChI is InChI=1S/C36H59NO5/c1-10-28(40)42-26-14-15-33(7)24(31(26,4)5)13-16-35(9)25(33)12-11-23-29-32(6,22(2)3)17-19-36(29,20-18-34(23,35)8)30(41)37-21-27(38)39/h22-26,29H,10-21H2,1-9H3,(H,37,41)(H,38,39)/t23?,24?,25?,26-,29?,32?,33+,34-,35-,36+/m1/s1. The molecule has 10 atom stereocenters. The van der Waals surface area contributed by atoms with Crippen LogP contribution in [0.1, 0.15) is 133 Å². The lowest BCUT2D eigenvalue weighted by atomic mass is 9.31. The lowest BCUT2D eigenvalue weighted by Gasteiger charge is -2.73. The number of hydrogen-bond acceptors (Lipinski definition) is 4. The van der Waals surface area contributed by atoms with E-state index < -0.39 is 11.4 Å². The van der Waals surface area contributed by atoms with E-state index in [9.17, 15) is 19.5 Å². The second kappa shape index (κ2) is 10.2. The molecule has 0 aliphatic heterocycles. The van der Waals surface area contributed by atoms with Gasteiger partial charge in [-0.15, -0.1) is 0 Å². The lowest BCUT2D eigenvalue weighted by molar-refractivity contribution is -0.254. The summed E-state index contributed by atoms with van der Waals surface area (Å²) in [4.78, 5) is 37.8. The number of fused-ring (bicyclic) bond motifs is 7. The van der Waals surface area contributed by atoms with Gasteiger partial charge in [-0.2, -0.15) is 0 Å². The molecule has 6 heteroatoms. The van der Waals surface area contributed by atoms with Gasteiger partial charge in [0.25, 0.3) is 0 Å². The minimum atomic E-state index is -0.971. The molecule has 0 bridgehead atoms. The second-order valence-corrected chi connectivity index (χ2v) is 17.2. The van der Waals surface area contributed by atoms with Crippen LogP contribution < -0.4 is 5.32 Å². The van der Waals surface area contributed by atoms with Crippen molar-refractivity contribution in [1.29, 1.82) is 0 Å². The predicted octanol–water partition coefficient (Wildman–Crippen LogP) is 7.64. The minimum absolute atomic E-state index is 0.00836. The summed E-state index contributed by atoms with van der Waals surface area (Å²) >= 11 is 0. The van der Waals surface area contributed by atoms with Gasteiger partial charge in [0.15, 0.2) is 0 Å². The summed E-state index contributed by atoms with van der Waals surface area (Å²) < 4.78 is 6.06. The van der Waals surface area contributed by atoms with Gasteiger partial charge in [0, 0.05) is 11.8 Å². The molecular weight excluding hydrogens is 526 g/mol. The first-order valence-corrected chi connectivity index (χ1v) is 17.1. The Kier molecular flexibility index (Phi) is 7.75. The quantitative estimate of drug-likeness (QED) is 0.313. The topological polar surface area (TPSA) is 92.7 Å². The highest BCUT2D eigenvalue weighted by molar-refractivity contribution is 5.87. The number of rotatable bonds is 6. The monoisotopic (exact) mass is 585 g/mol. The summed E-state index contributed by atoms with van der Waals surface area (Å²) in [5.41, 5.74) is 0.0365. The summed E-state index contributed by atoms with van der Waals surface area (Å²) in [5, 5.41) is 12.2. The molecule has 5 aliphatic carbocycles. The van der Waals surface area contributed by atoms with Crippen molar-refractivity contribution in [2.75, 3.05) is 6.54 Å². The van der Waals surface area contributed by atoms with E-state index in [0.29, 0.717) is 30.1 Å². The Balaban J connectivity index is 1.51. The molecule has 0 aromatic carbocycles. The van der Waals surface area contributed by atoms with Crippen LogP contribution in [0.3, 0.4) is 0 Å². The number of amides is 1. The van der Waals surface area contributed by atoms with E-state index in [1.807, 2.05) is 6.92 Å². The van der Waals surface area contributed by atoms with Gasteiger partial charge in [0.1, 0.15) is 12.6 Å². The Morgan fingerprint density at radius 1 is 0.833 bits per heavy atom. The summed E-state index contributed by atoms with van der Waals surface area (Å²) in [7, 11) is 0. The fourth-order valence-corrected chi connectivity index (χ4v) is 12.8. The van der Waals surface area contributed by atoms with E-state index in [-0.39, 0.29) is 57.5 Å². The Morgan fingerprint density at radius 2 is 1.50 bits per heavy atom. The van der Waals surface area contributed by atoms with Crippen molar-refractivity contribution in [1.82, 2.24) is 5.32 Å². The van der Waals surface area contributed by atoms with Crippen LogP contribution in [-0.4, -0.2) is 35.6 Å². The van der Waals surface area contributed by atoms with Gasteiger partial charge in [-0.1, -0.05) is 62.3 Å². The molecule has 0 spiro atoms. The molecule has 5 fully saturated rings. The number of ether oxygens (including phenoxy) is 1. The molecule has 238 valence electrons. The molecule has 1 amide bonds. The van der Waals surface area contributed by atoms with Gasteiger partial charge in [-0.05, 0) is 115 Å². The smallest absolute Gasteiger partial charge is 0.322 e. The van der Waals surface area contributed by atoms with Crippen molar-refractivity contribution in [2.24, 2.45) is 62.1 Å². The Labute approximate surface area is 254 Å². The molecule has 2 N–H and O–H groups in total. The lowest BCUT2D eigenvalue weighted by Crippen LogP contribution is -2.68. The number of aliphatic carboxylic acids is 1.